The van der Waals surface area contributed by atoms with Gasteiger partial charge in [-0.25, -0.2) is 4.79 Å². The highest BCUT2D eigenvalue weighted by molar-refractivity contribution is 5.69. The molecule has 1 aromatic carbocycles. The minimum atomic E-state index is -0.473. The van der Waals surface area contributed by atoms with Crippen molar-refractivity contribution in [2.45, 2.75) is 64.5 Å². The number of rotatable bonds is 0. The molecule has 0 radical (unpaired) electrons. The average Bonchev–Trinajstić information content (AvgIpc) is 2.42. The van der Waals surface area contributed by atoms with Crippen molar-refractivity contribution < 1.29 is 14.6 Å². The van der Waals surface area contributed by atoms with Gasteiger partial charge in [0, 0.05) is 12.6 Å². The number of aromatic hydroxyl groups is 1. The van der Waals surface area contributed by atoms with Crippen molar-refractivity contribution in [2.75, 3.05) is 6.54 Å². The van der Waals surface area contributed by atoms with Crippen LogP contribution in [0.1, 0.15) is 52.2 Å². The summed E-state index contributed by atoms with van der Waals surface area (Å²) in [5.74, 6) is 0.656. The second-order valence-corrected chi connectivity index (χ2v) is 8.24. The fourth-order valence-corrected chi connectivity index (χ4v) is 4.15. The van der Waals surface area contributed by atoms with Gasteiger partial charge in [-0.2, -0.15) is 0 Å². The van der Waals surface area contributed by atoms with Gasteiger partial charge in [-0.05, 0) is 68.2 Å². The summed E-state index contributed by atoms with van der Waals surface area (Å²) in [5, 5.41) is 9.87. The molecule has 1 N–H and O–H groups in total. The van der Waals surface area contributed by atoms with Crippen LogP contribution in [-0.2, 0) is 16.6 Å². The molecule has 1 saturated heterocycles. The number of piperidine rings is 1. The van der Waals surface area contributed by atoms with Crippen LogP contribution < -0.4 is 0 Å². The molecule has 4 heteroatoms. The van der Waals surface area contributed by atoms with Crippen molar-refractivity contribution in [2.24, 2.45) is 5.92 Å². The van der Waals surface area contributed by atoms with Crippen molar-refractivity contribution in [3.05, 3.63) is 29.3 Å². The normalized spacial score (nSPS) is 29.9. The number of ether oxygens (including phenoxy) is 1. The molecule has 1 fully saturated rings. The van der Waals surface area contributed by atoms with Crippen LogP contribution in [-0.4, -0.2) is 34.3 Å². The van der Waals surface area contributed by atoms with E-state index in [0.29, 0.717) is 18.2 Å². The number of amides is 1. The van der Waals surface area contributed by atoms with Gasteiger partial charge in [0.1, 0.15) is 11.4 Å². The van der Waals surface area contributed by atoms with E-state index in [4.69, 9.17) is 4.74 Å². The lowest BCUT2D eigenvalue weighted by molar-refractivity contribution is -0.0165. The predicted molar refractivity (Wildman–Crippen MR) is 89.7 cm³/mol. The zero-order valence-electron chi connectivity index (χ0n) is 14.7. The molecule has 0 aromatic heterocycles. The zero-order valence-corrected chi connectivity index (χ0v) is 14.7. The van der Waals surface area contributed by atoms with E-state index in [1.54, 1.807) is 6.07 Å². The van der Waals surface area contributed by atoms with Gasteiger partial charge in [-0.15, -0.1) is 0 Å². The van der Waals surface area contributed by atoms with E-state index in [9.17, 15) is 9.90 Å². The van der Waals surface area contributed by atoms with Gasteiger partial charge in [-0.3, -0.25) is 0 Å². The summed E-state index contributed by atoms with van der Waals surface area (Å²) in [4.78, 5) is 14.5. The quantitative estimate of drug-likeness (QED) is 0.790. The second kappa shape index (κ2) is 5.15. The zero-order chi connectivity index (χ0) is 17.0. The molecular formula is C19H27NO3. The third-order valence-electron chi connectivity index (χ3n) is 5.62. The Morgan fingerprint density at radius 1 is 1.39 bits per heavy atom. The molecule has 1 aliphatic carbocycles. The molecule has 3 rings (SSSR count). The molecular weight excluding hydrogens is 290 g/mol. The van der Waals surface area contributed by atoms with Gasteiger partial charge >= 0.3 is 6.09 Å². The Hall–Kier alpha value is -1.71. The Bertz CT molecular complexity index is 634. The first-order chi connectivity index (χ1) is 10.6. The number of carbonyl (C=O) groups excluding carboxylic acids is 1. The Balaban J connectivity index is 1.94. The van der Waals surface area contributed by atoms with E-state index in [1.165, 1.54) is 11.1 Å². The van der Waals surface area contributed by atoms with Crippen LogP contribution >= 0.6 is 0 Å². The van der Waals surface area contributed by atoms with Crippen LogP contribution in [0.5, 0.6) is 5.75 Å². The van der Waals surface area contributed by atoms with Gasteiger partial charge in [0.2, 0.25) is 0 Å². The Morgan fingerprint density at radius 3 is 2.74 bits per heavy atom. The number of hydrogen-bond donors (Lipinski definition) is 1. The fraction of sp³-hybridized carbons (Fsp3) is 0.632. The molecule has 0 spiro atoms. The molecule has 4 nitrogen and oxygen atoms in total. The standard InChI is InChI=1S/C19H27NO3/c1-12-16-10-13-6-7-14(21)11-15(13)19(12,5)8-9-20(16)17(22)23-18(2,3)4/h6-7,11-12,16,21H,8-10H2,1-5H3/t12-,16-,19-/m1/s1. The lowest BCUT2D eigenvalue weighted by Crippen LogP contribution is -2.60. The van der Waals surface area contributed by atoms with Crippen LogP contribution in [0.2, 0.25) is 0 Å². The SMILES string of the molecule is C[C@@H]1[C@H]2Cc3ccc(O)cc3[C@]1(C)CCN2C(=O)OC(C)(C)C. The molecule has 1 amide bonds. The van der Waals surface area contributed by atoms with Crippen LogP contribution in [0.3, 0.4) is 0 Å². The van der Waals surface area contributed by atoms with Gasteiger partial charge < -0.3 is 14.7 Å². The number of likely N-dealkylation sites (tertiary alicyclic amines) is 1. The summed E-state index contributed by atoms with van der Waals surface area (Å²) >= 11 is 0. The number of phenolic OH excluding ortho intramolecular Hbond substituents is 1. The maximum atomic E-state index is 12.6. The monoisotopic (exact) mass is 317 g/mol. The molecule has 23 heavy (non-hydrogen) atoms. The minimum Gasteiger partial charge on any atom is -0.508 e. The van der Waals surface area contributed by atoms with E-state index < -0.39 is 5.60 Å². The van der Waals surface area contributed by atoms with Crippen molar-refractivity contribution >= 4 is 6.09 Å². The van der Waals surface area contributed by atoms with Crippen molar-refractivity contribution in [1.29, 1.82) is 0 Å². The van der Waals surface area contributed by atoms with Gasteiger partial charge in [0.25, 0.3) is 0 Å². The lowest BCUT2D eigenvalue weighted by atomic mass is 9.59. The van der Waals surface area contributed by atoms with Crippen LogP contribution in [0.4, 0.5) is 4.79 Å². The maximum absolute atomic E-state index is 12.6. The number of hydrogen-bond acceptors (Lipinski definition) is 3. The van der Waals surface area contributed by atoms with Crippen molar-refractivity contribution in [3.8, 4) is 5.75 Å². The fourth-order valence-electron chi connectivity index (χ4n) is 4.15. The largest absolute Gasteiger partial charge is 0.508 e. The highest BCUT2D eigenvalue weighted by atomic mass is 16.6. The van der Waals surface area contributed by atoms with E-state index in [-0.39, 0.29) is 17.6 Å². The first kappa shape index (κ1) is 16.2. The molecule has 2 aliphatic rings. The van der Waals surface area contributed by atoms with Gasteiger partial charge in [-0.1, -0.05) is 19.9 Å². The molecule has 126 valence electrons. The number of phenols is 1. The van der Waals surface area contributed by atoms with Crippen LogP contribution in [0.25, 0.3) is 0 Å². The molecule has 1 heterocycles. The van der Waals surface area contributed by atoms with Gasteiger partial charge in [0.05, 0.1) is 0 Å². The highest BCUT2D eigenvalue weighted by Crippen LogP contribution is 2.49. The Labute approximate surface area is 138 Å². The smallest absolute Gasteiger partial charge is 0.410 e. The number of fused-ring (bicyclic) bond motifs is 4. The Morgan fingerprint density at radius 2 is 2.09 bits per heavy atom. The summed E-state index contributed by atoms with van der Waals surface area (Å²) in [5.41, 5.74) is 2.00. The molecule has 2 bridgehead atoms. The van der Waals surface area contributed by atoms with E-state index >= 15 is 0 Å². The Kier molecular flexibility index (Phi) is 3.62. The third-order valence-corrected chi connectivity index (χ3v) is 5.62. The van der Waals surface area contributed by atoms with Crippen molar-refractivity contribution in [1.82, 2.24) is 4.90 Å². The first-order valence-corrected chi connectivity index (χ1v) is 8.44. The van der Waals surface area contributed by atoms with Crippen LogP contribution in [0.15, 0.2) is 18.2 Å². The lowest BCUT2D eigenvalue weighted by Gasteiger charge is -2.54. The summed E-state index contributed by atoms with van der Waals surface area (Å²) in [6, 6.07) is 5.80. The average molecular weight is 317 g/mol. The summed E-state index contributed by atoms with van der Waals surface area (Å²) in [7, 11) is 0. The van der Waals surface area contributed by atoms with Gasteiger partial charge in [0.15, 0.2) is 0 Å². The third kappa shape index (κ3) is 2.68. The van der Waals surface area contributed by atoms with E-state index in [0.717, 1.165) is 12.8 Å². The topological polar surface area (TPSA) is 49.8 Å². The second-order valence-electron chi connectivity index (χ2n) is 8.24. The summed E-state index contributed by atoms with van der Waals surface area (Å²) in [6.45, 7) is 10.9. The van der Waals surface area contributed by atoms with Crippen molar-refractivity contribution in [3.63, 3.8) is 0 Å². The number of nitrogens with zero attached hydrogens (tertiary/aromatic N) is 1. The number of carbonyl (C=O) groups is 1. The molecule has 0 saturated carbocycles. The maximum Gasteiger partial charge on any atom is 0.410 e. The summed E-state index contributed by atoms with van der Waals surface area (Å²) in [6.07, 6.45) is 1.50. The summed E-state index contributed by atoms with van der Waals surface area (Å²) < 4.78 is 5.60. The minimum absolute atomic E-state index is 0.00446. The molecule has 3 atom stereocenters. The van der Waals surface area contributed by atoms with Crippen LogP contribution in [0, 0.1) is 5.92 Å². The molecule has 1 aliphatic heterocycles. The van der Waals surface area contributed by atoms with E-state index in [1.807, 2.05) is 37.8 Å². The first-order valence-electron chi connectivity index (χ1n) is 8.44. The predicted octanol–water partition coefficient (Wildman–Crippen LogP) is 3.85. The van der Waals surface area contributed by atoms with E-state index in [2.05, 4.69) is 13.8 Å². The molecule has 0 unspecified atom stereocenters. The molecule has 1 aromatic rings. The number of benzene rings is 1. The highest BCUT2D eigenvalue weighted by Gasteiger charge is 2.50.